The first-order valence-electron chi connectivity index (χ1n) is 8.23. The number of aromatic hydroxyl groups is 1. The molecule has 1 aliphatic rings. The predicted molar refractivity (Wildman–Crippen MR) is 102 cm³/mol. The molecule has 0 aliphatic heterocycles. The molecular weight excluding hydrogens is 326 g/mol. The van der Waals surface area contributed by atoms with Crippen LogP contribution in [0.5, 0.6) is 11.5 Å². The monoisotopic (exact) mass is 343 g/mol. The van der Waals surface area contributed by atoms with Crippen LogP contribution in [0.2, 0.25) is 0 Å². The molecule has 5 nitrogen and oxygen atoms in total. The minimum atomic E-state index is 0.0936. The molecule has 0 radical (unpaired) electrons. The van der Waals surface area contributed by atoms with Crippen molar-refractivity contribution in [2.45, 2.75) is 6.92 Å². The summed E-state index contributed by atoms with van der Waals surface area (Å²) in [6.07, 6.45) is 1.64. The quantitative estimate of drug-likeness (QED) is 0.452. The lowest BCUT2D eigenvalue weighted by atomic mass is 10.1. The first-order chi connectivity index (χ1) is 12.7. The van der Waals surface area contributed by atoms with Crippen molar-refractivity contribution in [2.75, 3.05) is 7.11 Å². The number of hydrogen-bond donors (Lipinski definition) is 1. The highest BCUT2D eigenvalue weighted by Crippen LogP contribution is 2.35. The number of phenols is 1. The molecule has 2 aromatic carbocycles. The van der Waals surface area contributed by atoms with Gasteiger partial charge in [0.25, 0.3) is 0 Å². The minimum Gasteiger partial charge on any atom is -0.504 e. The summed E-state index contributed by atoms with van der Waals surface area (Å²) in [6, 6.07) is 17.1. The third kappa shape index (κ3) is 2.73. The minimum absolute atomic E-state index is 0.0936. The molecule has 0 amide bonds. The third-order valence-corrected chi connectivity index (χ3v) is 4.30. The number of rotatable bonds is 3. The molecule has 0 saturated carbocycles. The van der Waals surface area contributed by atoms with Gasteiger partial charge in [0.1, 0.15) is 5.71 Å². The van der Waals surface area contributed by atoms with E-state index in [1.165, 1.54) is 7.11 Å². The molecule has 0 spiro atoms. The van der Waals surface area contributed by atoms with Crippen molar-refractivity contribution in [3.63, 3.8) is 0 Å². The smallest absolute Gasteiger partial charge is 0.161 e. The van der Waals surface area contributed by atoms with Crippen molar-refractivity contribution in [3.8, 4) is 22.8 Å². The molecule has 0 fully saturated rings. The summed E-state index contributed by atoms with van der Waals surface area (Å²) in [5.41, 5.74) is 6.60. The van der Waals surface area contributed by atoms with Gasteiger partial charge in [-0.15, -0.1) is 5.10 Å². The lowest BCUT2D eigenvalue weighted by Gasteiger charge is -2.03. The standard InChI is InChI=1S/C21H17N3O2/c1-13-7-9-17-20(23-13)15-5-3-4-6-16(15)21(17)24-22-12-14-8-10-18(25)19(11-14)26-2/h3-12,25H,1-2H3/b22-12+,24-21-. The Hall–Kier alpha value is -3.47. The maximum Gasteiger partial charge on any atom is 0.161 e. The van der Waals surface area contributed by atoms with Crippen LogP contribution < -0.4 is 4.74 Å². The van der Waals surface area contributed by atoms with E-state index in [1.54, 1.807) is 24.4 Å². The Morgan fingerprint density at radius 1 is 1.00 bits per heavy atom. The number of fused-ring (bicyclic) bond motifs is 3. The number of ether oxygens (including phenoxy) is 1. The van der Waals surface area contributed by atoms with E-state index in [1.807, 2.05) is 37.3 Å². The van der Waals surface area contributed by atoms with Gasteiger partial charge >= 0.3 is 0 Å². The number of aromatic nitrogens is 1. The van der Waals surface area contributed by atoms with Crippen LogP contribution in [0, 0.1) is 6.92 Å². The van der Waals surface area contributed by atoms with Gasteiger partial charge in [-0.2, -0.15) is 5.10 Å². The van der Waals surface area contributed by atoms with Crippen molar-refractivity contribution >= 4 is 11.9 Å². The summed E-state index contributed by atoms with van der Waals surface area (Å²) in [5, 5.41) is 18.4. The first kappa shape index (κ1) is 16.0. The fraction of sp³-hybridized carbons (Fsp3) is 0.0952. The summed E-state index contributed by atoms with van der Waals surface area (Å²) in [6.45, 7) is 1.98. The molecule has 1 N–H and O–H groups in total. The van der Waals surface area contributed by atoms with Crippen molar-refractivity contribution in [1.29, 1.82) is 0 Å². The number of phenolic OH excluding ortho intramolecular Hbond substituents is 1. The Balaban J connectivity index is 1.74. The highest BCUT2D eigenvalue weighted by Gasteiger charge is 2.25. The van der Waals surface area contributed by atoms with E-state index in [0.717, 1.165) is 39.4 Å². The second-order valence-electron chi connectivity index (χ2n) is 6.02. The van der Waals surface area contributed by atoms with Gasteiger partial charge in [0.15, 0.2) is 11.5 Å². The van der Waals surface area contributed by atoms with Gasteiger partial charge in [-0.3, -0.25) is 4.98 Å². The molecule has 1 heterocycles. The van der Waals surface area contributed by atoms with Gasteiger partial charge in [-0.25, -0.2) is 0 Å². The zero-order chi connectivity index (χ0) is 18.1. The van der Waals surface area contributed by atoms with E-state index in [-0.39, 0.29) is 5.75 Å². The Morgan fingerprint density at radius 2 is 1.81 bits per heavy atom. The van der Waals surface area contributed by atoms with Crippen LogP contribution in [0.4, 0.5) is 0 Å². The fourth-order valence-corrected chi connectivity index (χ4v) is 3.03. The maximum absolute atomic E-state index is 9.67. The van der Waals surface area contributed by atoms with Crippen LogP contribution in [0.3, 0.4) is 0 Å². The average molecular weight is 343 g/mol. The Kier molecular flexibility index (Phi) is 3.97. The molecule has 5 heteroatoms. The van der Waals surface area contributed by atoms with Crippen molar-refractivity contribution in [3.05, 3.63) is 77.0 Å². The largest absolute Gasteiger partial charge is 0.504 e. The number of hydrogen-bond acceptors (Lipinski definition) is 5. The molecular formula is C21H17N3O2. The normalized spacial score (nSPS) is 13.8. The van der Waals surface area contributed by atoms with Crippen LogP contribution in [0.1, 0.15) is 22.4 Å². The maximum atomic E-state index is 9.67. The van der Waals surface area contributed by atoms with E-state index in [0.29, 0.717) is 5.75 Å². The number of pyridine rings is 1. The first-order valence-corrected chi connectivity index (χ1v) is 8.23. The summed E-state index contributed by atoms with van der Waals surface area (Å²) in [7, 11) is 1.51. The van der Waals surface area contributed by atoms with Crippen molar-refractivity contribution < 1.29 is 9.84 Å². The molecule has 128 valence electrons. The van der Waals surface area contributed by atoms with Gasteiger partial charge in [-0.1, -0.05) is 24.3 Å². The molecule has 0 unspecified atom stereocenters. The van der Waals surface area contributed by atoms with Crippen LogP contribution in [0.15, 0.2) is 64.8 Å². The lowest BCUT2D eigenvalue weighted by Crippen LogP contribution is -1.98. The molecule has 26 heavy (non-hydrogen) atoms. The number of methoxy groups -OCH3 is 1. The number of aryl methyl sites for hydroxylation is 1. The molecule has 1 aromatic heterocycles. The van der Waals surface area contributed by atoms with Crippen molar-refractivity contribution in [2.24, 2.45) is 10.2 Å². The summed E-state index contributed by atoms with van der Waals surface area (Å²) < 4.78 is 5.11. The highest BCUT2D eigenvalue weighted by atomic mass is 16.5. The Bertz CT molecular complexity index is 1050. The second-order valence-corrected chi connectivity index (χ2v) is 6.02. The van der Waals surface area contributed by atoms with Crippen molar-refractivity contribution in [1.82, 2.24) is 4.98 Å². The molecule has 3 aromatic rings. The molecule has 0 saturated heterocycles. The predicted octanol–water partition coefficient (Wildman–Crippen LogP) is 3.96. The van der Waals surface area contributed by atoms with Gasteiger partial charge in [0, 0.05) is 22.4 Å². The Morgan fingerprint density at radius 3 is 2.62 bits per heavy atom. The summed E-state index contributed by atoms with van der Waals surface area (Å²) in [5.74, 6) is 0.494. The van der Waals surface area contributed by atoms with Crippen LogP contribution in [-0.4, -0.2) is 29.1 Å². The topological polar surface area (TPSA) is 67.1 Å². The zero-order valence-electron chi connectivity index (χ0n) is 14.5. The summed E-state index contributed by atoms with van der Waals surface area (Å²) in [4.78, 5) is 4.67. The second kappa shape index (κ2) is 6.44. The van der Waals surface area contributed by atoms with Gasteiger partial charge in [-0.05, 0) is 42.8 Å². The number of benzene rings is 2. The third-order valence-electron chi connectivity index (χ3n) is 4.30. The van der Waals surface area contributed by atoms with Crippen LogP contribution >= 0.6 is 0 Å². The van der Waals surface area contributed by atoms with E-state index in [4.69, 9.17) is 4.74 Å². The van der Waals surface area contributed by atoms with E-state index in [9.17, 15) is 5.11 Å². The van der Waals surface area contributed by atoms with E-state index >= 15 is 0 Å². The lowest BCUT2D eigenvalue weighted by molar-refractivity contribution is 0.373. The summed E-state index contributed by atoms with van der Waals surface area (Å²) >= 11 is 0. The van der Waals surface area contributed by atoms with E-state index < -0.39 is 0 Å². The average Bonchev–Trinajstić information content (AvgIpc) is 2.96. The molecule has 1 aliphatic carbocycles. The van der Waals surface area contributed by atoms with E-state index in [2.05, 4.69) is 21.3 Å². The molecule has 0 bridgehead atoms. The van der Waals surface area contributed by atoms with Gasteiger partial charge < -0.3 is 9.84 Å². The molecule has 4 rings (SSSR count). The number of nitrogens with zero attached hydrogens (tertiary/aromatic N) is 3. The Labute approximate surface area is 151 Å². The van der Waals surface area contributed by atoms with Crippen LogP contribution in [-0.2, 0) is 0 Å². The highest BCUT2D eigenvalue weighted by molar-refractivity contribution is 6.23. The zero-order valence-corrected chi connectivity index (χ0v) is 14.5. The van der Waals surface area contributed by atoms with Gasteiger partial charge in [0.2, 0.25) is 0 Å². The fourth-order valence-electron chi connectivity index (χ4n) is 3.03. The van der Waals surface area contributed by atoms with Gasteiger partial charge in [0.05, 0.1) is 19.0 Å². The SMILES string of the molecule is COc1cc(/C=N/N=C2/c3ccccc3-c3nc(C)ccc32)ccc1O. The molecule has 0 atom stereocenters. The van der Waals surface area contributed by atoms with Crippen LogP contribution in [0.25, 0.3) is 11.3 Å².